The molecule has 2 bridgehead atoms. The number of amides is 2. The lowest BCUT2D eigenvalue weighted by Crippen LogP contribution is -2.43. The first-order valence-corrected chi connectivity index (χ1v) is 8.43. The van der Waals surface area contributed by atoms with E-state index in [9.17, 15) is 22.8 Å². The Bertz CT molecular complexity index is 708. The first-order valence-electron chi connectivity index (χ1n) is 8.43. The number of rotatable bonds is 1. The first kappa shape index (κ1) is 14.5. The third kappa shape index (κ3) is 1.74. The highest BCUT2D eigenvalue weighted by atomic mass is 19.4. The van der Waals surface area contributed by atoms with Gasteiger partial charge in [0.2, 0.25) is 11.8 Å². The highest BCUT2D eigenvalue weighted by Crippen LogP contribution is 2.68. The number of fused-ring (bicyclic) bond motifs is 1. The molecular formula is C18H16F3NO2. The minimum atomic E-state index is -4.42. The number of anilines is 1. The quantitative estimate of drug-likeness (QED) is 0.737. The number of carbonyl (C=O) groups is 2. The first-order chi connectivity index (χ1) is 11.4. The van der Waals surface area contributed by atoms with Crippen LogP contribution in [0.5, 0.6) is 0 Å². The van der Waals surface area contributed by atoms with Crippen molar-refractivity contribution in [2.45, 2.75) is 25.4 Å². The largest absolute Gasteiger partial charge is 0.416 e. The zero-order chi connectivity index (χ0) is 16.8. The van der Waals surface area contributed by atoms with Gasteiger partial charge in [0, 0.05) is 0 Å². The zero-order valence-corrected chi connectivity index (χ0v) is 12.8. The van der Waals surface area contributed by atoms with E-state index in [1.165, 1.54) is 12.1 Å². The maximum absolute atomic E-state index is 12.9. The van der Waals surface area contributed by atoms with Gasteiger partial charge in [-0.1, -0.05) is 0 Å². The molecule has 126 valence electrons. The summed E-state index contributed by atoms with van der Waals surface area (Å²) < 4.78 is 38.1. The van der Waals surface area contributed by atoms with Crippen LogP contribution in [-0.4, -0.2) is 11.8 Å². The lowest BCUT2D eigenvalue weighted by molar-refractivity contribution is -0.137. The molecule has 1 aromatic rings. The number of alkyl halides is 3. The van der Waals surface area contributed by atoms with Crippen LogP contribution in [0.3, 0.4) is 0 Å². The van der Waals surface area contributed by atoms with Crippen molar-refractivity contribution in [1.82, 2.24) is 0 Å². The summed E-state index contributed by atoms with van der Waals surface area (Å²) in [4.78, 5) is 26.9. The lowest BCUT2D eigenvalue weighted by atomic mass is 9.59. The van der Waals surface area contributed by atoms with Gasteiger partial charge in [-0.2, -0.15) is 13.2 Å². The van der Waals surface area contributed by atoms with Crippen LogP contribution in [0.2, 0.25) is 0 Å². The van der Waals surface area contributed by atoms with Crippen LogP contribution in [-0.2, 0) is 15.8 Å². The van der Waals surface area contributed by atoms with Crippen molar-refractivity contribution in [3.05, 3.63) is 29.8 Å². The van der Waals surface area contributed by atoms with Crippen LogP contribution < -0.4 is 4.90 Å². The number of hydrogen-bond acceptors (Lipinski definition) is 2. The predicted octanol–water partition coefficient (Wildman–Crippen LogP) is 3.49. The van der Waals surface area contributed by atoms with Crippen LogP contribution in [0.1, 0.15) is 24.8 Å². The third-order valence-corrected chi connectivity index (χ3v) is 6.60. The van der Waals surface area contributed by atoms with Crippen molar-refractivity contribution in [2.75, 3.05) is 4.90 Å². The number of hydrogen-bond donors (Lipinski definition) is 0. The van der Waals surface area contributed by atoms with Crippen molar-refractivity contribution >= 4 is 17.5 Å². The Morgan fingerprint density at radius 3 is 1.79 bits per heavy atom. The smallest absolute Gasteiger partial charge is 0.274 e. The molecule has 5 fully saturated rings. The second kappa shape index (κ2) is 4.41. The van der Waals surface area contributed by atoms with Gasteiger partial charge in [-0.15, -0.1) is 0 Å². The minimum Gasteiger partial charge on any atom is -0.274 e. The zero-order valence-electron chi connectivity index (χ0n) is 12.8. The maximum Gasteiger partial charge on any atom is 0.416 e. The lowest BCUT2D eigenvalue weighted by Gasteiger charge is -2.42. The molecule has 6 heteroatoms. The number of carbonyl (C=O) groups excluding carboxylic acids is 2. The topological polar surface area (TPSA) is 37.4 Å². The van der Waals surface area contributed by atoms with Gasteiger partial charge < -0.3 is 0 Å². The molecule has 1 aliphatic heterocycles. The van der Waals surface area contributed by atoms with Crippen molar-refractivity contribution in [3.63, 3.8) is 0 Å². The van der Waals surface area contributed by atoms with Crippen LogP contribution in [0.15, 0.2) is 24.3 Å². The molecule has 3 nitrogen and oxygen atoms in total. The minimum absolute atomic E-state index is 0.204. The van der Waals surface area contributed by atoms with Crippen molar-refractivity contribution < 1.29 is 22.8 Å². The SMILES string of the molecule is O=C1[C@@H]2[C@@H]3CC[C@@H]([C@@H]4C[C@@H]43)[C@@H]2C(=O)N1c1ccc(C(F)(F)F)cc1. The van der Waals surface area contributed by atoms with E-state index < -0.39 is 11.7 Å². The Labute approximate surface area is 136 Å². The van der Waals surface area contributed by atoms with Gasteiger partial charge in [0.1, 0.15) is 0 Å². The average molecular weight is 335 g/mol. The molecule has 1 saturated heterocycles. The molecule has 24 heavy (non-hydrogen) atoms. The highest BCUT2D eigenvalue weighted by Gasteiger charge is 2.68. The molecule has 5 aliphatic rings. The molecule has 2 amide bonds. The molecule has 0 N–H and O–H groups in total. The van der Waals surface area contributed by atoms with Gasteiger partial charge in [-0.25, -0.2) is 0 Å². The summed E-state index contributed by atoms with van der Waals surface area (Å²) in [5.41, 5.74) is -0.510. The number of nitrogens with zero attached hydrogens (tertiary/aromatic N) is 1. The molecule has 0 radical (unpaired) electrons. The summed E-state index contributed by atoms with van der Waals surface area (Å²) in [6.07, 6.45) is -1.27. The fourth-order valence-corrected chi connectivity index (χ4v) is 5.59. The fourth-order valence-electron chi connectivity index (χ4n) is 5.59. The van der Waals surface area contributed by atoms with Gasteiger partial charge in [0.25, 0.3) is 0 Å². The molecule has 4 saturated carbocycles. The second-order valence-corrected chi connectivity index (χ2v) is 7.58. The van der Waals surface area contributed by atoms with E-state index in [1.807, 2.05) is 0 Å². The molecule has 0 spiro atoms. The molecule has 1 aromatic carbocycles. The molecular weight excluding hydrogens is 319 g/mol. The third-order valence-electron chi connectivity index (χ3n) is 6.60. The molecule has 0 aromatic heterocycles. The Balaban J connectivity index is 1.50. The van der Waals surface area contributed by atoms with Crippen LogP contribution >= 0.6 is 0 Å². The predicted molar refractivity (Wildman–Crippen MR) is 78.7 cm³/mol. The van der Waals surface area contributed by atoms with Crippen molar-refractivity contribution in [3.8, 4) is 0 Å². The monoisotopic (exact) mass is 335 g/mol. The van der Waals surface area contributed by atoms with Gasteiger partial charge >= 0.3 is 6.18 Å². The molecule has 0 unspecified atom stereocenters. The Morgan fingerprint density at radius 1 is 0.833 bits per heavy atom. The summed E-state index contributed by atoms with van der Waals surface area (Å²) in [7, 11) is 0. The summed E-state index contributed by atoms with van der Waals surface area (Å²) in [6, 6.07) is 4.34. The van der Waals surface area contributed by atoms with Crippen LogP contribution in [0, 0.1) is 35.5 Å². The van der Waals surface area contributed by atoms with Crippen molar-refractivity contribution in [2.24, 2.45) is 35.5 Å². The summed E-state index contributed by atoms with van der Waals surface area (Å²) in [5, 5.41) is 0. The van der Waals surface area contributed by atoms with E-state index in [4.69, 9.17) is 0 Å². The maximum atomic E-state index is 12.9. The summed E-state index contributed by atoms with van der Waals surface area (Å²) in [6.45, 7) is 0. The molecule has 6 rings (SSSR count). The number of benzene rings is 1. The van der Waals surface area contributed by atoms with E-state index in [0.717, 1.165) is 36.3 Å². The van der Waals surface area contributed by atoms with E-state index >= 15 is 0 Å². The van der Waals surface area contributed by atoms with Gasteiger partial charge in [0.05, 0.1) is 23.1 Å². The van der Waals surface area contributed by atoms with E-state index in [-0.39, 0.29) is 29.3 Å². The molecule has 1 heterocycles. The normalized spacial score (nSPS) is 39.9. The molecule has 6 atom stereocenters. The Morgan fingerprint density at radius 2 is 1.33 bits per heavy atom. The van der Waals surface area contributed by atoms with Crippen LogP contribution in [0.25, 0.3) is 0 Å². The summed E-state index contributed by atoms with van der Waals surface area (Å²) in [5.74, 6) is 0.865. The standard InChI is InChI=1S/C18H16F3NO2/c19-18(20,21)8-1-3-9(4-2-8)22-16(23)14-10-5-6-11(13-7-12(10)13)15(14)17(22)24/h1-4,10-15H,5-7H2/t10-,11+,12-,13+,14-,15+. The fraction of sp³-hybridized carbons (Fsp3) is 0.556. The van der Waals surface area contributed by atoms with E-state index in [1.54, 1.807) is 0 Å². The Kier molecular flexibility index (Phi) is 2.66. The van der Waals surface area contributed by atoms with E-state index in [2.05, 4.69) is 0 Å². The van der Waals surface area contributed by atoms with Gasteiger partial charge in [0.15, 0.2) is 0 Å². The van der Waals surface area contributed by atoms with Crippen LogP contribution in [0.4, 0.5) is 18.9 Å². The highest BCUT2D eigenvalue weighted by molar-refractivity contribution is 6.22. The number of imide groups is 1. The summed E-state index contributed by atoms with van der Waals surface area (Å²) >= 11 is 0. The molecule has 4 aliphatic carbocycles. The van der Waals surface area contributed by atoms with Gasteiger partial charge in [-0.05, 0) is 67.2 Å². The Hall–Kier alpha value is -1.85. The van der Waals surface area contributed by atoms with E-state index in [0.29, 0.717) is 23.7 Å². The average Bonchev–Trinajstić information content (AvgIpc) is 3.31. The number of halogens is 3. The van der Waals surface area contributed by atoms with Gasteiger partial charge in [-0.3, -0.25) is 14.5 Å². The van der Waals surface area contributed by atoms with Crippen molar-refractivity contribution in [1.29, 1.82) is 0 Å². The second-order valence-electron chi connectivity index (χ2n) is 7.58.